The molecule has 0 atom stereocenters. The number of carbonyl (C=O) groups is 1. The Bertz CT molecular complexity index is 127. The molecule has 0 aliphatic carbocycles. The summed E-state index contributed by atoms with van der Waals surface area (Å²) in [7, 11) is 1.31. The van der Waals surface area contributed by atoms with Crippen LogP contribution in [-0.4, -0.2) is 24.8 Å². The van der Waals surface area contributed by atoms with E-state index in [0.29, 0.717) is 0 Å². The number of rotatable bonds is 2. The summed E-state index contributed by atoms with van der Waals surface area (Å²) in [5.41, 5.74) is 0. The number of ether oxygens (including phenoxy) is 1. The number of carbonyl (C=O) groups excluding carboxylic acids is 1. The fraction of sp³-hybridized carbons (Fsp3) is 0.375. The van der Waals surface area contributed by atoms with Gasteiger partial charge in [-0.15, -0.1) is 0 Å². The maximum Gasteiger partial charge on any atom is 0.329 e. The van der Waals surface area contributed by atoms with Crippen molar-refractivity contribution in [2.45, 2.75) is 6.92 Å². The van der Waals surface area contributed by atoms with E-state index in [-0.39, 0.29) is 6.61 Å². The first-order valence-corrected chi connectivity index (χ1v) is 3.15. The molecule has 0 aromatic rings. The van der Waals surface area contributed by atoms with Crippen LogP contribution in [0.3, 0.4) is 0 Å². The van der Waals surface area contributed by atoms with Crippen LogP contribution < -0.4 is 0 Å². The first-order chi connectivity index (χ1) is 5.22. The Hall–Kier alpha value is -1.09. The molecule has 0 bridgehead atoms. The monoisotopic (exact) mass is 158 g/mol. The van der Waals surface area contributed by atoms with Gasteiger partial charge in [0.05, 0.1) is 13.7 Å². The molecule has 0 spiro atoms. The number of aliphatic hydroxyl groups is 1. The fourth-order valence-corrected chi connectivity index (χ4v) is 0.189. The van der Waals surface area contributed by atoms with Crippen molar-refractivity contribution < 1.29 is 14.6 Å². The van der Waals surface area contributed by atoms with E-state index in [2.05, 4.69) is 11.3 Å². The lowest BCUT2D eigenvalue weighted by molar-refractivity contribution is -0.134. The topological polar surface area (TPSA) is 46.5 Å². The Kier molecular flexibility index (Phi) is 13.3. The maximum absolute atomic E-state index is 9.84. The van der Waals surface area contributed by atoms with E-state index < -0.39 is 5.97 Å². The summed E-state index contributed by atoms with van der Waals surface area (Å²) in [6.45, 7) is 5.19. The van der Waals surface area contributed by atoms with E-state index >= 15 is 0 Å². The summed E-state index contributed by atoms with van der Waals surface area (Å²) in [6.07, 6.45) is 4.60. The van der Waals surface area contributed by atoms with Gasteiger partial charge < -0.3 is 9.84 Å². The van der Waals surface area contributed by atoms with Crippen LogP contribution in [0.4, 0.5) is 0 Å². The highest BCUT2D eigenvalue weighted by Gasteiger charge is 1.81. The number of aliphatic hydroxyl groups excluding tert-OH is 1. The third-order valence-corrected chi connectivity index (χ3v) is 0.709. The summed E-state index contributed by atoms with van der Waals surface area (Å²) < 4.78 is 4.14. The molecular weight excluding hydrogens is 144 g/mol. The molecule has 3 nitrogen and oxygen atoms in total. The van der Waals surface area contributed by atoms with Gasteiger partial charge in [-0.2, -0.15) is 0 Å². The van der Waals surface area contributed by atoms with Gasteiger partial charge in [0.2, 0.25) is 0 Å². The van der Waals surface area contributed by atoms with Crippen LogP contribution in [0.1, 0.15) is 6.92 Å². The molecule has 64 valence electrons. The largest absolute Gasteiger partial charge is 0.466 e. The molecule has 3 heteroatoms. The highest BCUT2D eigenvalue weighted by Crippen LogP contribution is 1.67. The minimum Gasteiger partial charge on any atom is -0.466 e. The van der Waals surface area contributed by atoms with Gasteiger partial charge in [0, 0.05) is 6.08 Å². The predicted octanol–water partition coefficient (Wildman–Crippen LogP) is 0.900. The second kappa shape index (κ2) is 11.7. The third-order valence-electron chi connectivity index (χ3n) is 0.709. The lowest BCUT2D eigenvalue weighted by Crippen LogP contribution is -1.91. The fourth-order valence-electron chi connectivity index (χ4n) is 0.189. The summed E-state index contributed by atoms with van der Waals surface area (Å²) in [4.78, 5) is 9.84. The molecule has 0 unspecified atom stereocenters. The van der Waals surface area contributed by atoms with Crippen LogP contribution in [0.5, 0.6) is 0 Å². The van der Waals surface area contributed by atoms with Gasteiger partial charge in [0.1, 0.15) is 0 Å². The van der Waals surface area contributed by atoms with Crippen molar-refractivity contribution in [2.24, 2.45) is 0 Å². The van der Waals surface area contributed by atoms with Crippen LogP contribution in [0.2, 0.25) is 0 Å². The SMILES string of the molecule is C=CC(=O)OC.CC=CCO. The van der Waals surface area contributed by atoms with Crippen molar-refractivity contribution in [1.29, 1.82) is 0 Å². The van der Waals surface area contributed by atoms with Crippen LogP contribution in [0, 0.1) is 0 Å². The van der Waals surface area contributed by atoms with E-state index in [1.165, 1.54) is 7.11 Å². The first kappa shape index (κ1) is 12.6. The smallest absolute Gasteiger partial charge is 0.329 e. The molecule has 0 heterocycles. The van der Waals surface area contributed by atoms with Crippen molar-refractivity contribution in [3.63, 3.8) is 0 Å². The van der Waals surface area contributed by atoms with E-state index in [0.717, 1.165) is 6.08 Å². The molecular formula is C8H14O3. The first-order valence-electron chi connectivity index (χ1n) is 3.15. The molecule has 0 rings (SSSR count). The number of hydrogen-bond donors (Lipinski definition) is 1. The molecule has 0 aliphatic rings. The predicted molar refractivity (Wildman–Crippen MR) is 44.1 cm³/mol. The molecule has 0 aromatic carbocycles. The van der Waals surface area contributed by atoms with E-state index in [1.807, 2.05) is 6.92 Å². The summed E-state index contributed by atoms with van der Waals surface area (Å²) >= 11 is 0. The molecule has 0 aliphatic heterocycles. The van der Waals surface area contributed by atoms with E-state index in [1.54, 1.807) is 12.2 Å². The number of allylic oxidation sites excluding steroid dienone is 1. The average Bonchev–Trinajstić information content (AvgIpc) is 2.06. The van der Waals surface area contributed by atoms with Gasteiger partial charge in [-0.3, -0.25) is 0 Å². The molecule has 0 saturated heterocycles. The van der Waals surface area contributed by atoms with Crippen LogP contribution in [-0.2, 0) is 9.53 Å². The van der Waals surface area contributed by atoms with Crippen molar-refractivity contribution in [2.75, 3.05) is 13.7 Å². The van der Waals surface area contributed by atoms with E-state index in [9.17, 15) is 4.79 Å². The Morgan fingerprint density at radius 1 is 1.73 bits per heavy atom. The zero-order valence-corrected chi connectivity index (χ0v) is 6.91. The van der Waals surface area contributed by atoms with Crippen molar-refractivity contribution in [3.8, 4) is 0 Å². The lowest BCUT2D eigenvalue weighted by Gasteiger charge is -1.83. The van der Waals surface area contributed by atoms with Gasteiger partial charge in [-0.05, 0) is 6.92 Å². The Labute approximate surface area is 67.0 Å². The molecule has 0 aromatic heterocycles. The Morgan fingerprint density at radius 3 is 2.27 bits per heavy atom. The Balaban J connectivity index is 0. The van der Waals surface area contributed by atoms with Gasteiger partial charge >= 0.3 is 5.97 Å². The number of esters is 1. The summed E-state index contributed by atoms with van der Waals surface area (Å²) in [5, 5.41) is 7.98. The van der Waals surface area contributed by atoms with Crippen molar-refractivity contribution in [3.05, 3.63) is 24.8 Å². The molecule has 11 heavy (non-hydrogen) atoms. The standard InChI is InChI=1S/C4H6O2.C4H8O/c1-3-4(5)6-2;1-2-3-4-5/h3H,1H2,2H3;2-3,5H,4H2,1H3. The van der Waals surface area contributed by atoms with Crippen LogP contribution in [0.25, 0.3) is 0 Å². The normalized spacial score (nSPS) is 8.27. The van der Waals surface area contributed by atoms with E-state index in [4.69, 9.17) is 5.11 Å². The maximum atomic E-state index is 9.84. The molecule has 0 amide bonds. The third kappa shape index (κ3) is 17.6. The highest BCUT2D eigenvalue weighted by atomic mass is 16.5. The summed E-state index contributed by atoms with van der Waals surface area (Å²) in [6, 6.07) is 0. The number of methoxy groups -OCH3 is 1. The molecule has 1 N–H and O–H groups in total. The second-order valence-electron chi connectivity index (χ2n) is 1.48. The van der Waals surface area contributed by atoms with Crippen LogP contribution >= 0.6 is 0 Å². The van der Waals surface area contributed by atoms with Gasteiger partial charge in [-0.25, -0.2) is 4.79 Å². The van der Waals surface area contributed by atoms with Gasteiger partial charge in [0.25, 0.3) is 0 Å². The molecule has 0 fully saturated rings. The van der Waals surface area contributed by atoms with Gasteiger partial charge in [-0.1, -0.05) is 18.7 Å². The zero-order chi connectivity index (χ0) is 9.11. The molecule has 0 saturated carbocycles. The minimum atomic E-state index is -0.394. The van der Waals surface area contributed by atoms with Crippen LogP contribution in [0.15, 0.2) is 24.8 Å². The molecule has 0 radical (unpaired) electrons. The quantitative estimate of drug-likeness (QED) is 0.369. The number of hydrogen-bond acceptors (Lipinski definition) is 3. The zero-order valence-electron chi connectivity index (χ0n) is 6.91. The highest BCUT2D eigenvalue weighted by molar-refractivity contribution is 5.80. The van der Waals surface area contributed by atoms with Crippen molar-refractivity contribution in [1.82, 2.24) is 0 Å². The van der Waals surface area contributed by atoms with Crippen molar-refractivity contribution >= 4 is 5.97 Å². The second-order valence-corrected chi connectivity index (χ2v) is 1.48. The lowest BCUT2D eigenvalue weighted by atomic mass is 10.6. The van der Waals surface area contributed by atoms with Gasteiger partial charge in [0.15, 0.2) is 0 Å². The summed E-state index contributed by atoms with van der Waals surface area (Å²) in [5.74, 6) is -0.394. The average molecular weight is 158 g/mol. The minimum absolute atomic E-state index is 0.163. The Morgan fingerprint density at radius 2 is 2.27 bits per heavy atom.